The highest BCUT2D eigenvalue weighted by Crippen LogP contribution is 2.26. The second kappa shape index (κ2) is 10.1. The number of nitrogens with one attached hydrogen (secondary N) is 1. The number of nitrogens with two attached hydrogens (primary N) is 1. The number of carbonyl (C=O) groups is 2. The Labute approximate surface area is 191 Å². The quantitative estimate of drug-likeness (QED) is 0.256. The van der Waals surface area contributed by atoms with Gasteiger partial charge in [-0.3, -0.25) is 14.2 Å². The third-order valence-electron chi connectivity index (χ3n) is 5.39. The lowest BCUT2D eigenvalue weighted by Crippen LogP contribution is -2.29. The zero-order valence-corrected chi connectivity index (χ0v) is 18.0. The number of hydrogen-bond donors (Lipinski definition) is 3. The number of anilines is 1. The Bertz CT molecular complexity index is 1250. The van der Waals surface area contributed by atoms with Crippen molar-refractivity contribution in [3.63, 3.8) is 0 Å². The van der Waals surface area contributed by atoms with Gasteiger partial charge in [-0.15, -0.1) is 0 Å². The molecule has 8 heteroatoms. The number of aromatic nitrogens is 3. The fourth-order valence-corrected chi connectivity index (χ4v) is 3.72. The summed E-state index contributed by atoms with van der Waals surface area (Å²) in [5, 5.41) is 12.3. The number of carbonyl (C=O) groups excluding carboxylic acids is 2. The van der Waals surface area contributed by atoms with Gasteiger partial charge in [-0.2, -0.15) is 0 Å². The smallest absolute Gasteiger partial charge is 0.241 e. The molecule has 2 aromatic heterocycles. The zero-order valence-electron chi connectivity index (χ0n) is 18.0. The fourth-order valence-electron chi connectivity index (χ4n) is 3.72. The van der Waals surface area contributed by atoms with Crippen molar-refractivity contribution >= 4 is 28.8 Å². The SMILES string of the molecule is NC(=O)C(Cc1ccc(C(=O)c2ccccc2)cc1)n1c(NCCCO)nc2cccnc21. The third-order valence-corrected chi connectivity index (χ3v) is 5.39. The van der Waals surface area contributed by atoms with Crippen molar-refractivity contribution in [2.24, 2.45) is 5.73 Å². The molecule has 0 aliphatic carbocycles. The number of aliphatic hydroxyl groups is 1. The number of pyridine rings is 1. The summed E-state index contributed by atoms with van der Waals surface area (Å²) in [6.45, 7) is 0.528. The average molecular weight is 444 g/mol. The molecule has 0 spiro atoms. The van der Waals surface area contributed by atoms with E-state index in [0.29, 0.717) is 47.6 Å². The van der Waals surface area contributed by atoms with Gasteiger partial charge >= 0.3 is 0 Å². The Hall–Kier alpha value is -4.04. The highest BCUT2D eigenvalue weighted by atomic mass is 16.3. The van der Waals surface area contributed by atoms with Crippen molar-refractivity contribution in [3.8, 4) is 0 Å². The lowest BCUT2D eigenvalue weighted by molar-refractivity contribution is -0.121. The molecule has 1 amide bonds. The van der Waals surface area contributed by atoms with Crippen LogP contribution in [0.2, 0.25) is 0 Å². The lowest BCUT2D eigenvalue weighted by Gasteiger charge is -2.19. The van der Waals surface area contributed by atoms with Gasteiger partial charge in [-0.05, 0) is 24.1 Å². The van der Waals surface area contributed by atoms with E-state index in [1.807, 2.05) is 36.4 Å². The van der Waals surface area contributed by atoms with E-state index < -0.39 is 11.9 Å². The number of amides is 1. The molecular weight excluding hydrogens is 418 g/mol. The van der Waals surface area contributed by atoms with Crippen LogP contribution in [0.1, 0.15) is 33.9 Å². The van der Waals surface area contributed by atoms with Crippen molar-refractivity contribution in [1.82, 2.24) is 14.5 Å². The van der Waals surface area contributed by atoms with E-state index in [9.17, 15) is 9.59 Å². The lowest BCUT2D eigenvalue weighted by atomic mass is 9.99. The number of rotatable bonds is 10. The van der Waals surface area contributed by atoms with E-state index in [0.717, 1.165) is 5.56 Å². The molecule has 1 unspecified atom stereocenters. The van der Waals surface area contributed by atoms with Crippen LogP contribution in [0, 0.1) is 0 Å². The Morgan fingerprint density at radius 2 is 1.73 bits per heavy atom. The standard InChI is InChI=1S/C25H25N5O3/c26-23(33)21(30-24-20(8-4-13-27-24)29-25(30)28-14-5-15-31)16-17-9-11-19(12-10-17)22(32)18-6-2-1-3-7-18/h1-4,6-13,21,31H,5,14-16H2,(H2,26,33)(H,28,29). The normalized spacial score (nSPS) is 11.9. The summed E-state index contributed by atoms with van der Waals surface area (Å²) in [6, 6.07) is 19.1. The Morgan fingerprint density at radius 3 is 2.42 bits per heavy atom. The number of benzene rings is 2. The molecule has 4 N–H and O–H groups in total. The van der Waals surface area contributed by atoms with Gasteiger partial charge in [0.2, 0.25) is 11.9 Å². The van der Waals surface area contributed by atoms with Crippen molar-refractivity contribution in [3.05, 3.63) is 89.6 Å². The maximum atomic E-state index is 12.7. The summed E-state index contributed by atoms with van der Waals surface area (Å²) in [4.78, 5) is 34.1. The topological polar surface area (TPSA) is 123 Å². The summed E-state index contributed by atoms with van der Waals surface area (Å²) >= 11 is 0. The fraction of sp³-hybridized carbons (Fsp3) is 0.200. The maximum Gasteiger partial charge on any atom is 0.241 e. The first kappa shape index (κ1) is 22.2. The largest absolute Gasteiger partial charge is 0.396 e. The van der Waals surface area contributed by atoms with Gasteiger partial charge in [-0.1, -0.05) is 54.6 Å². The number of hydrogen-bond acceptors (Lipinski definition) is 6. The molecule has 0 saturated heterocycles. The number of primary amides is 1. The monoisotopic (exact) mass is 443 g/mol. The van der Waals surface area contributed by atoms with E-state index in [-0.39, 0.29) is 12.4 Å². The van der Waals surface area contributed by atoms with Crippen LogP contribution < -0.4 is 11.1 Å². The van der Waals surface area contributed by atoms with Gasteiger partial charge in [0.25, 0.3) is 0 Å². The molecule has 2 aromatic carbocycles. The summed E-state index contributed by atoms with van der Waals surface area (Å²) in [6.07, 6.45) is 2.49. The van der Waals surface area contributed by atoms with E-state index in [2.05, 4.69) is 15.3 Å². The molecule has 0 aliphatic rings. The zero-order chi connectivity index (χ0) is 23.2. The van der Waals surface area contributed by atoms with Crippen LogP contribution in [-0.4, -0.2) is 44.5 Å². The number of fused-ring (bicyclic) bond motifs is 1. The molecule has 0 saturated carbocycles. The molecule has 0 radical (unpaired) electrons. The van der Waals surface area contributed by atoms with Crippen molar-refractivity contribution < 1.29 is 14.7 Å². The molecule has 168 valence electrons. The number of ketones is 1. The highest BCUT2D eigenvalue weighted by Gasteiger charge is 2.25. The van der Waals surface area contributed by atoms with Gasteiger partial charge in [0.15, 0.2) is 11.4 Å². The molecule has 1 atom stereocenters. The Kier molecular flexibility index (Phi) is 6.75. The minimum atomic E-state index is -0.739. The molecule has 2 heterocycles. The first-order chi connectivity index (χ1) is 16.1. The maximum absolute atomic E-state index is 12.7. The molecular formula is C25H25N5O3. The van der Waals surface area contributed by atoms with Crippen molar-refractivity contribution in [1.29, 1.82) is 0 Å². The summed E-state index contributed by atoms with van der Waals surface area (Å²) in [5.74, 6) is -0.111. The van der Waals surface area contributed by atoms with E-state index in [4.69, 9.17) is 10.8 Å². The first-order valence-electron chi connectivity index (χ1n) is 10.7. The van der Waals surface area contributed by atoms with E-state index in [1.54, 1.807) is 41.1 Å². The molecule has 0 bridgehead atoms. The van der Waals surface area contributed by atoms with Gasteiger partial charge in [0.05, 0.1) is 0 Å². The van der Waals surface area contributed by atoms with Crippen LogP contribution in [0.15, 0.2) is 72.9 Å². The second-order valence-electron chi connectivity index (χ2n) is 7.67. The first-order valence-corrected chi connectivity index (χ1v) is 10.7. The van der Waals surface area contributed by atoms with Crippen LogP contribution in [-0.2, 0) is 11.2 Å². The summed E-state index contributed by atoms with van der Waals surface area (Å²) < 4.78 is 1.71. The minimum Gasteiger partial charge on any atom is -0.396 e. The van der Waals surface area contributed by atoms with Gasteiger partial charge in [0.1, 0.15) is 11.6 Å². The average Bonchev–Trinajstić information content (AvgIpc) is 3.21. The van der Waals surface area contributed by atoms with Crippen LogP contribution in [0.3, 0.4) is 0 Å². The minimum absolute atomic E-state index is 0.0405. The molecule has 33 heavy (non-hydrogen) atoms. The van der Waals surface area contributed by atoms with Gasteiger partial charge in [0, 0.05) is 36.9 Å². The van der Waals surface area contributed by atoms with Crippen LogP contribution in [0.5, 0.6) is 0 Å². The predicted octanol–water partition coefficient (Wildman–Crippen LogP) is 2.73. The van der Waals surface area contributed by atoms with Crippen LogP contribution in [0.4, 0.5) is 5.95 Å². The van der Waals surface area contributed by atoms with Crippen LogP contribution >= 0.6 is 0 Å². The van der Waals surface area contributed by atoms with E-state index >= 15 is 0 Å². The number of imidazole rings is 1. The predicted molar refractivity (Wildman–Crippen MR) is 126 cm³/mol. The number of aliphatic hydroxyl groups excluding tert-OH is 1. The van der Waals surface area contributed by atoms with E-state index in [1.165, 1.54) is 0 Å². The van der Waals surface area contributed by atoms with Crippen LogP contribution in [0.25, 0.3) is 11.2 Å². The van der Waals surface area contributed by atoms with Crippen molar-refractivity contribution in [2.75, 3.05) is 18.5 Å². The highest BCUT2D eigenvalue weighted by molar-refractivity contribution is 6.08. The molecule has 8 nitrogen and oxygen atoms in total. The molecule has 4 rings (SSSR count). The molecule has 0 aliphatic heterocycles. The Balaban J connectivity index is 1.62. The summed E-state index contributed by atoms with van der Waals surface area (Å²) in [7, 11) is 0. The third kappa shape index (κ3) is 4.91. The number of nitrogens with zero attached hydrogens (tertiary/aromatic N) is 3. The van der Waals surface area contributed by atoms with Gasteiger partial charge < -0.3 is 16.2 Å². The molecule has 4 aromatic rings. The summed E-state index contributed by atoms with van der Waals surface area (Å²) in [5.41, 5.74) is 9.03. The molecule has 0 fully saturated rings. The van der Waals surface area contributed by atoms with Gasteiger partial charge in [-0.25, -0.2) is 9.97 Å². The Morgan fingerprint density at radius 1 is 1.00 bits per heavy atom. The van der Waals surface area contributed by atoms with Crippen molar-refractivity contribution in [2.45, 2.75) is 18.9 Å². The second-order valence-corrected chi connectivity index (χ2v) is 7.67.